The second kappa shape index (κ2) is 10.6. The Labute approximate surface area is 203 Å². The molecule has 0 aromatic heterocycles. The van der Waals surface area contributed by atoms with E-state index >= 15 is 0 Å². The van der Waals surface area contributed by atoms with E-state index in [2.05, 4.69) is 79.4 Å². The fourth-order valence-electron chi connectivity index (χ4n) is 4.84. The maximum Gasteiger partial charge on any atom is 0.161 e. The first-order valence-electron chi connectivity index (χ1n) is 11.2. The molecule has 0 saturated carbocycles. The zero-order valence-electron chi connectivity index (χ0n) is 19.8. The highest BCUT2D eigenvalue weighted by Gasteiger charge is 2.41. The van der Waals surface area contributed by atoms with Crippen LogP contribution in [0.2, 0.25) is 0 Å². The van der Waals surface area contributed by atoms with E-state index in [1.54, 1.807) is 14.2 Å². The van der Waals surface area contributed by atoms with Gasteiger partial charge in [-0.05, 0) is 54.7 Å². The van der Waals surface area contributed by atoms with Gasteiger partial charge in [0.1, 0.15) is 0 Å². The number of benzene rings is 3. The monoisotopic (exact) mass is 467 g/mol. The van der Waals surface area contributed by atoms with E-state index in [0.29, 0.717) is 17.4 Å². The van der Waals surface area contributed by atoms with E-state index in [0.717, 1.165) is 30.6 Å². The Balaban J connectivity index is 0.00000306. The summed E-state index contributed by atoms with van der Waals surface area (Å²) in [6.07, 6.45) is 0.352. The number of aliphatic hydroxyl groups is 1. The molecule has 0 amide bonds. The predicted molar refractivity (Wildman–Crippen MR) is 136 cm³/mol. The van der Waals surface area contributed by atoms with Gasteiger partial charge >= 0.3 is 0 Å². The number of methoxy groups -OCH3 is 2. The second-order valence-corrected chi connectivity index (χ2v) is 9.05. The second-order valence-electron chi connectivity index (χ2n) is 9.05. The zero-order valence-corrected chi connectivity index (χ0v) is 20.6. The highest BCUT2D eigenvalue weighted by atomic mass is 35.5. The number of nitrogens with zero attached hydrogens (tertiary/aromatic N) is 1. The number of ether oxygens (including phenoxy) is 2. The van der Waals surface area contributed by atoms with Gasteiger partial charge in [0.2, 0.25) is 0 Å². The molecule has 1 aliphatic heterocycles. The fraction of sp³-hybridized carbons (Fsp3) is 0.357. The summed E-state index contributed by atoms with van der Waals surface area (Å²) in [5.74, 6) is 1.66. The third-order valence-electron chi connectivity index (χ3n) is 6.88. The Bertz CT molecular complexity index is 1000. The molecule has 1 atom stereocenters. The van der Waals surface area contributed by atoms with E-state index < -0.39 is 11.6 Å². The molecular weight excluding hydrogens is 434 g/mol. The molecule has 3 aromatic rings. The quantitative estimate of drug-likeness (QED) is 0.464. The van der Waals surface area contributed by atoms with Crippen molar-refractivity contribution in [1.82, 2.24) is 4.90 Å². The molecular formula is C28H34ClNO3. The highest BCUT2D eigenvalue weighted by Crippen LogP contribution is 2.44. The molecule has 176 valence electrons. The minimum absolute atomic E-state index is 0. The van der Waals surface area contributed by atoms with Crippen LogP contribution in [0.15, 0.2) is 72.8 Å². The van der Waals surface area contributed by atoms with Gasteiger partial charge in [0.05, 0.1) is 20.3 Å². The first-order chi connectivity index (χ1) is 15.5. The molecule has 1 aliphatic rings. The summed E-state index contributed by atoms with van der Waals surface area (Å²) >= 11 is 0. The van der Waals surface area contributed by atoms with Gasteiger partial charge in [-0.2, -0.15) is 0 Å². The summed E-state index contributed by atoms with van der Waals surface area (Å²) in [7, 11) is 3.28. The van der Waals surface area contributed by atoms with E-state index in [4.69, 9.17) is 9.47 Å². The van der Waals surface area contributed by atoms with Gasteiger partial charge in [-0.3, -0.25) is 4.90 Å². The fourth-order valence-corrected chi connectivity index (χ4v) is 4.84. The summed E-state index contributed by atoms with van der Waals surface area (Å²) in [5.41, 5.74) is 4.25. The third-order valence-corrected chi connectivity index (χ3v) is 6.88. The van der Waals surface area contributed by atoms with Crippen molar-refractivity contribution >= 4 is 12.4 Å². The van der Waals surface area contributed by atoms with E-state index in [-0.39, 0.29) is 12.4 Å². The van der Waals surface area contributed by atoms with Crippen molar-refractivity contribution < 1.29 is 14.6 Å². The molecule has 0 saturated heterocycles. The predicted octanol–water partition coefficient (Wildman–Crippen LogP) is 5.98. The van der Waals surface area contributed by atoms with Gasteiger partial charge in [-0.15, -0.1) is 12.4 Å². The molecule has 4 rings (SSSR count). The minimum Gasteiger partial charge on any atom is -0.493 e. The number of fused-ring (bicyclic) bond motifs is 1. The molecule has 1 heterocycles. The maximum absolute atomic E-state index is 11.3. The molecule has 3 aromatic carbocycles. The van der Waals surface area contributed by atoms with Crippen molar-refractivity contribution in [1.29, 1.82) is 0 Å². The van der Waals surface area contributed by atoms with Crippen molar-refractivity contribution in [2.45, 2.75) is 44.4 Å². The first kappa shape index (κ1) is 25.1. The molecule has 5 heteroatoms. The van der Waals surface area contributed by atoms with Gasteiger partial charge < -0.3 is 14.6 Å². The van der Waals surface area contributed by atoms with Crippen LogP contribution in [0.3, 0.4) is 0 Å². The Morgan fingerprint density at radius 2 is 1.42 bits per heavy atom. The highest BCUT2D eigenvalue weighted by molar-refractivity contribution is 5.85. The van der Waals surface area contributed by atoms with Crippen LogP contribution in [0, 0.1) is 0 Å². The van der Waals surface area contributed by atoms with Crippen LogP contribution in [0.4, 0.5) is 0 Å². The molecule has 0 fully saturated rings. The van der Waals surface area contributed by atoms with Crippen LogP contribution in [0.1, 0.15) is 54.5 Å². The van der Waals surface area contributed by atoms with Crippen molar-refractivity contribution in [3.05, 3.63) is 95.1 Å². The lowest BCUT2D eigenvalue weighted by Crippen LogP contribution is -2.51. The largest absolute Gasteiger partial charge is 0.493 e. The number of halogens is 1. The Kier molecular flexibility index (Phi) is 8.06. The van der Waals surface area contributed by atoms with Crippen LogP contribution in [0.5, 0.6) is 11.5 Å². The van der Waals surface area contributed by atoms with E-state index in [1.165, 1.54) is 11.1 Å². The van der Waals surface area contributed by atoms with Crippen LogP contribution < -0.4 is 9.47 Å². The van der Waals surface area contributed by atoms with Crippen LogP contribution in [-0.2, 0) is 6.54 Å². The van der Waals surface area contributed by atoms with Crippen molar-refractivity contribution in [2.75, 3.05) is 20.8 Å². The van der Waals surface area contributed by atoms with E-state index in [9.17, 15) is 5.11 Å². The third kappa shape index (κ3) is 5.03. The molecule has 0 aliphatic carbocycles. The summed E-state index contributed by atoms with van der Waals surface area (Å²) in [5, 5.41) is 11.3. The first-order valence-corrected chi connectivity index (χ1v) is 11.2. The Hall–Kier alpha value is -2.53. The average molecular weight is 468 g/mol. The minimum atomic E-state index is -0.613. The van der Waals surface area contributed by atoms with Gasteiger partial charge in [0, 0.05) is 24.5 Å². The van der Waals surface area contributed by atoms with Gasteiger partial charge in [0.25, 0.3) is 0 Å². The lowest BCUT2D eigenvalue weighted by molar-refractivity contribution is -0.0318. The van der Waals surface area contributed by atoms with Gasteiger partial charge in [0.15, 0.2) is 11.5 Å². The Morgan fingerprint density at radius 3 is 1.94 bits per heavy atom. The van der Waals surface area contributed by atoms with Gasteiger partial charge in [-0.1, -0.05) is 60.7 Å². The number of hydrogen-bond acceptors (Lipinski definition) is 4. The van der Waals surface area contributed by atoms with E-state index in [1.807, 2.05) is 12.1 Å². The topological polar surface area (TPSA) is 41.9 Å². The summed E-state index contributed by atoms with van der Waals surface area (Å²) < 4.78 is 11.0. The molecule has 4 nitrogen and oxygen atoms in total. The summed E-state index contributed by atoms with van der Waals surface area (Å²) in [6, 6.07) is 25.3. The molecule has 1 unspecified atom stereocenters. The summed E-state index contributed by atoms with van der Waals surface area (Å²) in [6.45, 7) is 5.87. The Morgan fingerprint density at radius 1 is 0.909 bits per heavy atom. The number of hydrogen-bond donors (Lipinski definition) is 1. The van der Waals surface area contributed by atoms with Crippen LogP contribution in [0.25, 0.3) is 0 Å². The van der Waals surface area contributed by atoms with Crippen LogP contribution >= 0.6 is 12.4 Å². The van der Waals surface area contributed by atoms with Crippen molar-refractivity contribution in [3.63, 3.8) is 0 Å². The average Bonchev–Trinajstić information content (AvgIpc) is 2.83. The van der Waals surface area contributed by atoms with Crippen molar-refractivity contribution in [2.24, 2.45) is 0 Å². The molecule has 0 spiro atoms. The standard InChI is InChI=1S/C28H33NO3.ClH/c1-28(2)27(30)24-18-26(32-4)25(31-3)17-22(24)19-29(28)16-15-23(20-11-7-5-8-12-20)21-13-9-6-10-14-21;/h5-14,17-18,23,27,30H,15-16,19H2,1-4H3;1H. The molecule has 0 bridgehead atoms. The smallest absolute Gasteiger partial charge is 0.161 e. The molecule has 1 N–H and O–H groups in total. The summed E-state index contributed by atoms with van der Waals surface area (Å²) in [4.78, 5) is 2.39. The maximum atomic E-state index is 11.3. The lowest BCUT2D eigenvalue weighted by atomic mass is 9.81. The van der Waals surface area contributed by atoms with Crippen LogP contribution in [-0.4, -0.2) is 36.3 Å². The van der Waals surface area contributed by atoms with Gasteiger partial charge in [-0.25, -0.2) is 0 Å². The van der Waals surface area contributed by atoms with Crippen molar-refractivity contribution in [3.8, 4) is 11.5 Å². The number of aliphatic hydroxyl groups excluding tert-OH is 1. The molecule has 0 radical (unpaired) electrons. The number of rotatable bonds is 7. The SMILES string of the molecule is COc1cc2c(cc1OC)C(O)C(C)(C)N(CCC(c1ccccc1)c1ccccc1)C2.Cl. The zero-order chi connectivity index (χ0) is 22.7. The normalized spacial score (nSPS) is 17.2. The lowest BCUT2D eigenvalue weighted by Gasteiger charge is -2.47. The molecule has 33 heavy (non-hydrogen) atoms.